The van der Waals surface area contributed by atoms with Crippen LogP contribution in [0.1, 0.15) is 5.69 Å². The van der Waals surface area contributed by atoms with Crippen LogP contribution in [0.3, 0.4) is 0 Å². The second-order valence-electron chi connectivity index (χ2n) is 6.40. The summed E-state index contributed by atoms with van der Waals surface area (Å²) >= 11 is 1.02. The summed E-state index contributed by atoms with van der Waals surface area (Å²) in [5, 5.41) is 7.59. The van der Waals surface area contributed by atoms with Gasteiger partial charge in [0.15, 0.2) is 10.8 Å². The molecule has 3 rings (SSSR count). The van der Waals surface area contributed by atoms with Crippen molar-refractivity contribution in [1.82, 2.24) is 24.2 Å². The number of halogens is 1. The number of nitrogen functional groups attached to an aromatic ring is 1. The predicted molar refractivity (Wildman–Crippen MR) is 118 cm³/mol. The van der Waals surface area contributed by atoms with E-state index in [1.807, 2.05) is 0 Å². The number of β-lactam (4-membered cyclic amide) rings is 1. The Morgan fingerprint density at radius 3 is 2.68 bits per heavy atom. The van der Waals surface area contributed by atoms with E-state index in [9.17, 15) is 27.4 Å². The van der Waals surface area contributed by atoms with Gasteiger partial charge in [-0.25, -0.2) is 19.1 Å². The fraction of sp³-hybridized carbons (Fsp3) is 0.333. The van der Waals surface area contributed by atoms with E-state index in [1.54, 1.807) is 23.3 Å². The molecule has 16 nitrogen and oxygen atoms in total. The van der Waals surface area contributed by atoms with E-state index in [0.717, 1.165) is 11.3 Å². The largest absolute Gasteiger partial charge is 0.447 e. The fourth-order valence-electron chi connectivity index (χ4n) is 2.78. The number of amides is 3. The number of carbonyl (C=O) groups excluding carboxylic acids is 3. The summed E-state index contributed by atoms with van der Waals surface area (Å²) in [6.07, 6.45) is 3.57. The number of nitrogens with zero attached hydrogens (tertiary/aromatic N) is 5. The highest BCUT2D eigenvalue weighted by Crippen LogP contribution is 2.24. The lowest BCUT2D eigenvalue weighted by Crippen LogP contribution is -2.73. The van der Waals surface area contributed by atoms with Crippen LogP contribution in [0.25, 0.3) is 0 Å². The van der Waals surface area contributed by atoms with Gasteiger partial charge in [0.25, 0.3) is 11.8 Å². The molecule has 2 aromatic heterocycles. The maximum absolute atomic E-state index is 12.8. The zero-order valence-electron chi connectivity index (χ0n) is 17.0. The number of nitrogens with two attached hydrogens (primary N) is 2. The maximum atomic E-state index is 12.8. The number of hydrogen-bond donors (Lipinski definition) is 4. The molecule has 19 heteroatoms. The molecule has 34 heavy (non-hydrogen) atoms. The zero-order chi connectivity index (χ0) is 24.2. The van der Waals surface area contributed by atoms with Crippen molar-refractivity contribution in [2.24, 2.45) is 10.9 Å². The molecule has 6 N–H and O–H groups in total. The van der Waals surface area contributed by atoms with Crippen LogP contribution in [0, 0.1) is 0 Å². The third kappa shape index (κ3) is 6.31. The molecule has 3 heterocycles. The van der Waals surface area contributed by atoms with E-state index in [2.05, 4.69) is 25.2 Å². The lowest BCUT2D eigenvalue weighted by molar-refractivity contribution is -0.146. The average Bonchev–Trinajstić information content (AvgIpc) is 3.39. The smallest absolute Gasteiger partial charge is 0.404 e. The van der Waals surface area contributed by atoms with Crippen LogP contribution < -0.4 is 16.8 Å². The van der Waals surface area contributed by atoms with E-state index in [-0.39, 0.29) is 39.9 Å². The Kier molecular flexibility index (Phi) is 8.74. The first-order valence-corrected chi connectivity index (χ1v) is 11.3. The van der Waals surface area contributed by atoms with E-state index >= 15 is 0 Å². The van der Waals surface area contributed by atoms with E-state index in [1.165, 1.54) is 5.38 Å². The number of imidazole rings is 1. The van der Waals surface area contributed by atoms with Crippen LogP contribution in [0.15, 0.2) is 29.3 Å². The molecule has 0 unspecified atom stereocenters. The summed E-state index contributed by atoms with van der Waals surface area (Å²) in [5.41, 5.74) is 10.2. The highest BCUT2D eigenvalue weighted by molar-refractivity contribution is 7.84. The van der Waals surface area contributed by atoms with Gasteiger partial charge in [-0.15, -0.1) is 23.7 Å². The summed E-state index contributed by atoms with van der Waals surface area (Å²) < 4.78 is 38.4. The van der Waals surface area contributed by atoms with Gasteiger partial charge in [-0.05, 0) is 0 Å². The van der Waals surface area contributed by atoms with Crippen molar-refractivity contribution >= 4 is 62.8 Å². The Balaban J connectivity index is 0.00000408. The van der Waals surface area contributed by atoms with Gasteiger partial charge in [-0.1, -0.05) is 5.16 Å². The number of nitrogens with one attached hydrogen (secondary N) is 1. The quantitative estimate of drug-likeness (QED) is 0.0879. The molecule has 0 radical (unpaired) electrons. The first kappa shape index (κ1) is 26.8. The maximum Gasteiger partial charge on any atom is 0.404 e. The standard InChI is InChI=1S/C15H18N8O8S2.ClH/c16-14-19-8(6-32-14)10(21-31-4-3-22-2-1-18-7-22)12(24)20-11-9(5-30-15(17)26)23(13(11)25)33(27,28)29;/h1-2,6-7,9,11H,3-5H2,(H2,16,19)(H2,17,26)(H,20,24)(H,27,28,29);1H/b21-10-;/t9-,11+;/m1./s1. The molecule has 0 saturated carbocycles. The van der Waals surface area contributed by atoms with Crippen molar-refractivity contribution in [3.05, 3.63) is 29.8 Å². The SMILES string of the molecule is Cl.NC(=O)OC[C@@H]1[C@H](NC(=O)/C(=N\OCCn2ccnc2)c2csc(N)n2)C(=O)N1S(=O)(=O)O. The summed E-state index contributed by atoms with van der Waals surface area (Å²) in [7, 11) is -4.98. The minimum absolute atomic E-state index is 0. The van der Waals surface area contributed by atoms with Gasteiger partial charge in [-0.3, -0.25) is 14.1 Å². The molecule has 1 aliphatic heterocycles. The monoisotopic (exact) mass is 538 g/mol. The molecule has 1 fully saturated rings. The Morgan fingerprint density at radius 2 is 2.12 bits per heavy atom. The van der Waals surface area contributed by atoms with Gasteiger partial charge in [0, 0.05) is 17.8 Å². The van der Waals surface area contributed by atoms with Crippen LogP contribution in [0.4, 0.5) is 9.93 Å². The van der Waals surface area contributed by atoms with Crippen molar-refractivity contribution in [2.45, 2.75) is 18.6 Å². The molecule has 186 valence electrons. The van der Waals surface area contributed by atoms with Crippen LogP contribution in [-0.2, 0) is 36.0 Å². The second-order valence-corrected chi connectivity index (χ2v) is 8.58. The van der Waals surface area contributed by atoms with Gasteiger partial charge in [-0.2, -0.15) is 8.42 Å². The normalized spacial score (nSPS) is 18.0. The first-order valence-electron chi connectivity index (χ1n) is 8.98. The summed E-state index contributed by atoms with van der Waals surface area (Å²) in [6, 6.07) is -2.92. The predicted octanol–water partition coefficient (Wildman–Crippen LogP) is -1.64. The third-order valence-electron chi connectivity index (χ3n) is 4.24. The van der Waals surface area contributed by atoms with Crippen LogP contribution in [-0.4, -0.2) is 80.7 Å². The van der Waals surface area contributed by atoms with Crippen LogP contribution in [0.5, 0.6) is 0 Å². The molecule has 0 bridgehead atoms. The van der Waals surface area contributed by atoms with Gasteiger partial charge >= 0.3 is 16.4 Å². The molecule has 3 amide bonds. The molecule has 2 atom stereocenters. The number of hydrogen-bond acceptors (Lipinski definition) is 12. The van der Waals surface area contributed by atoms with Crippen LogP contribution in [0.2, 0.25) is 0 Å². The molecule has 0 aliphatic carbocycles. The highest BCUT2D eigenvalue weighted by atomic mass is 35.5. The number of oxime groups is 1. The molecule has 0 aromatic carbocycles. The minimum atomic E-state index is -4.98. The molecular weight excluding hydrogens is 520 g/mol. The molecule has 0 spiro atoms. The van der Waals surface area contributed by atoms with Crippen molar-refractivity contribution < 1.29 is 36.9 Å². The summed E-state index contributed by atoms with van der Waals surface area (Å²) in [4.78, 5) is 49.0. The Bertz CT molecular complexity index is 1170. The van der Waals surface area contributed by atoms with Gasteiger partial charge < -0.3 is 30.9 Å². The number of ether oxygens (including phenoxy) is 1. The van der Waals surface area contributed by atoms with E-state index in [4.69, 9.17) is 16.3 Å². The number of thiazole rings is 1. The number of primary amides is 1. The Labute approximate surface area is 202 Å². The number of carbonyl (C=O) groups is 3. The third-order valence-corrected chi connectivity index (χ3v) is 5.86. The van der Waals surface area contributed by atoms with E-state index in [0.29, 0.717) is 6.54 Å². The van der Waals surface area contributed by atoms with Crippen molar-refractivity contribution in [3.8, 4) is 0 Å². The molecule has 1 aliphatic rings. The highest BCUT2D eigenvalue weighted by Gasteiger charge is 2.54. The first-order chi connectivity index (χ1) is 15.6. The summed E-state index contributed by atoms with van der Waals surface area (Å²) in [5.74, 6) is -2.12. The number of rotatable bonds is 10. The molecule has 1 saturated heterocycles. The Morgan fingerprint density at radius 1 is 1.38 bits per heavy atom. The van der Waals surface area contributed by atoms with Crippen LogP contribution >= 0.6 is 23.7 Å². The van der Waals surface area contributed by atoms with Gasteiger partial charge in [0.1, 0.15) is 31.0 Å². The summed E-state index contributed by atoms with van der Waals surface area (Å²) in [6.45, 7) is -0.279. The molecular formula is C15H19ClN8O8S2. The lowest BCUT2D eigenvalue weighted by atomic mass is 9.99. The zero-order valence-corrected chi connectivity index (χ0v) is 19.5. The number of aromatic nitrogens is 3. The average molecular weight is 539 g/mol. The van der Waals surface area contributed by atoms with Crippen molar-refractivity contribution in [3.63, 3.8) is 0 Å². The Hall–Kier alpha value is -3.48. The van der Waals surface area contributed by atoms with Crippen molar-refractivity contribution in [2.75, 3.05) is 18.9 Å². The lowest BCUT2D eigenvalue weighted by Gasteiger charge is -2.43. The van der Waals surface area contributed by atoms with E-state index < -0.39 is 46.9 Å². The number of anilines is 1. The minimum Gasteiger partial charge on any atom is -0.447 e. The second kappa shape index (κ2) is 11.1. The van der Waals surface area contributed by atoms with Gasteiger partial charge in [0.05, 0.1) is 12.9 Å². The topological polar surface area (TPSA) is 234 Å². The molecule has 2 aromatic rings. The fourth-order valence-corrected chi connectivity index (χ4v) is 4.19. The van der Waals surface area contributed by atoms with Crippen molar-refractivity contribution in [1.29, 1.82) is 0 Å². The van der Waals surface area contributed by atoms with Gasteiger partial charge in [0.2, 0.25) is 0 Å².